The fraction of sp³-hybridized carbons (Fsp3) is 0.500. The first-order chi connectivity index (χ1) is 9.08. The molecule has 19 heavy (non-hydrogen) atoms. The van der Waals surface area contributed by atoms with Crippen molar-refractivity contribution in [2.75, 3.05) is 18.5 Å². The van der Waals surface area contributed by atoms with Crippen molar-refractivity contribution in [3.05, 3.63) is 30.1 Å². The van der Waals surface area contributed by atoms with E-state index in [1.54, 1.807) is 19.1 Å². The molecule has 104 valence electrons. The minimum Gasteiger partial charge on any atom is -0.464 e. The van der Waals surface area contributed by atoms with E-state index in [0.717, 1.165) is 0 Å². The van der Waals surface area contributed by atoms with Gasteiger partial charge in [-0.3, -0.25) is 0 Å². The van der Waals surface area contributed by atoms with Gasteiger partial charge in [-0.2, -0.15) is 0 Å². The molecule has 1 saturated heterocycles. The molecule has 1 heterocycles. The van der Waals surface area contributed by atoms with Gasteiger partial charge in [0.1, 0.15) is 5.82 Å². The molecule has 4 nitrogen and oxygen atoms in total. The van der Waals surface area contributed by atoms with E-state index in [1.165, 1.54) is 12.1 Å². The molecule has 1 aromatic carbocycles. The molecule has 5 heteroatoms. The fourth-order valence-corrected chi connectivity index (χ4v) is 2.31. The van der Waals surface area contributed by atoms with Gasteiger partial charge in [0.25, 0.3) is 0 Å². The van der Waals surface area contributed by atoms with E-state index in [4.69, 9.17) is 9.47 Å². The molecule has 2 atom stereocenters. The van der Waals surface area contributed by atoms with E-state index in [2.05, 4.69) is 5.32 Å². The normalized spacial score (nSPS) is 26.2. The molecule has 0 aliphatic carbocycles. The number of carbonyl (C=O) groups is 1. The summed E-state index contributed by atoms with van der Waals surface area (Å²) in [6.45, 7) is 4.35. The number of nitrogens with one attached hydrogen (secondary N) is 1. The molecule has 0 saturated carbocycles. The Labute approximate surface area is 111 Å². The summed E-state index contributed by atoms with van der Waals surface area (Å²) < 4.78 is 23.8. The van der Waals surface area contributed by atoms with Gasteiger partial charge in [-0.05, 0) is 32.0 Å². The average molecular weight is 267 g/mol. The quantitative estimate of drug-likeness (QED) is 0.851. The second-order valence-electron chi connectivity index (χ2n) is 4.59. The van der Waals surface area contributed by atoms with E-state index < -0.39 is 5.54 Å². The number of hydrogen-bond donors (Lipinski definition) is 1. The summed E-state index contributed by atoms with van der Waals surface area (Å²) in [5.74, 6) is -0.708. The molecule has 1 fully saturated rings. The fourth-order valence-electron chi connectivity index (χ4n) is 2.31. The molecular weight excluding hydrogens is 249 g/mol. The highest BCUT2D eigenvalue weighted by molar-refractivity contribution is 5.86. The van der Waals surface area contributed by atoms with E-state index in [-0.39, 0.29) is 17.9 Å². The molecule has 1 aliphatic heterocycles. The number of esters is 1. The van der Waals surface area contributed by atoms with Crippen molar-refractivity contribution in [1.29, 1.82) is 0 Å². The van der Waals surface area contributed by atoms with E-state index in [1.807, 2.05) is 6.92 Å². The Morgan fingerprint density at radius 1 is 1.63 bits per heavy atom. The van der Waals surface area contributed by atoms with Crippen LogP contribution in [0.4, 0.5) is 10.1 Å². The Morgan fingerprint density at radius 3 is 3.00 bits per heavy atom. The highest BCUT2D eigenvalue weighted by atomic mass is 19.1. The second-order valence-corrected chi connectivity index (χ2v) is 4.59. The zero-order chi connectivity index (χ0) is 13.9. The van der Waals surface area contributed by atoms with Crippen molar-refractivity contribution in [1.82, 2.24) is 0 Å². The van der Waals surface area contributed by atoms with Crippen LogP contribution in [0.15, 0.2) is 24.3 Å². The van der Waals surface area contributed by atoms with E-state index in [9.17, 15) is 9.18 Å². The Hall–Kier alpha value is -1.62. The number of hydrogen-bond acceptors (Lipinski definition) is 4. The molecule has 0 bridgehead atoms. The number of ether oxygens (including phenoxy) is 2. The van der Waals surface area contributed by atoms with Gasteiger partial charge < -0.3 is 14.8 Å². The maximum absolute atomic E-state index is 13.2. The van der Waals surface area contributed by atoms with Crippen molar-refractivity contribution in [3.63, 3.8) is 0 Å². The van der Waals surface area contributed by atoms with Gasteiger partial charge in [-0.1, -0.05) is 6.07 Å². The molecule has 1 N–H and O–H groups in total. The zero-order valence-corrected chi connectivity index (χ0v) is 11.1. The molecular formula is C14H18FNO3. The van der Waals surface area contributed by atoms with Crippen molar-refractivity contribution in [2.24, 2.45) is 0 Å². The van der Waals surface area contributed by atoms with Crippen LogP contribution in [-0.2, 0) is 14.3 Å². The van der Waals surface area contributed by atoms with Crippen LogP contribution in [0, 0.1) is 5.82 Å². The first-order valence-corrected chi connectivity index (χ1v) is 6.41. The number of anilines is 1. The Balaban J connectivity index is 2.26. The minimum atomic E-state index is -0.941. The van der Waals surface area contributed by atoms with Gasteiger partial charge in [-0.25, -0.2) is 9.18 Å². The van der Waals surface area contributed by atoms with Crippen LogP contribution in [0.1, 0.15) is 20.3 Å². The van der Waals surface area contributed by atoms with Gasteiger partial charge >= 0.3 is 5.97 Å². The smallest absolute Gasteiger partial charge is 0.334 e. The van der Waals surface area contributed by atoms with Crippen LogP contribution in [0.5, 0.6) is 0 Å². The molecule has 2 rings (SSSR count). The summed E-state index contributed by atoms with van der Waals surface area (Å²) in [6, 6.07) is 6.02. The summed E-state index contributed by atoms with van der Waals surface area (Å²) in [7, 11) is 0. The third kappa shape index (κ3) is 2.71. The predicted molar refractivity (Wildman–Crippen MR) is 69.4 cm³/mol. The summed E-state index contributed by atoms with van der Waals surface area (Å²) in [5.41, 5.74) is -0.394. The lowest BCUT2D eigenvalue weighted by Gasteiger charge is -2.31. The van der Waals surface area contributed by atoms with Crippen LogP contribution < -0.4 is 5.32 Å². The topological polar surface area (TPSA) is 47.6 Å². The van der Waals surface area contributed by atoms with E-state index in [0.29, 0.717) is 25.3 Å². The van der Waals surface area contributed by atoms with Crippen molar-refractivity contribution < 1.29 is 18.7 Å². The van der Waals surface area contributed by atoms with Gasteiger partial charge in [0, 0.05) is 18.7 Å². The lowest BCUT2D eigenvalue weighted by molar-refractivity contribution is -0.150. The third-order valence-corrected chi connectivity index (χ3v) is 3.39. The molecule has 0 radical (unpaired) electrons. The Kier molecular flexibility index (Phi) is 4.04. The monoisotopic (exact) mass is 267 g/mol. The maximum Gasteiger partial charge on any atom is 0.334 e. The SMILES string of the molecule is CCOC(=O)C1(Nc2cccc(F)c2)CCOC1C. The van der Waals surface area contributed by atoms with Crippen molar-refractivity contribution >= 4 is 11.7 Å². The molecule has 0 amide bonds. The maximum atomic E-state index is 13.2. The van der Waals surface area contributed by atoms with Crippen molar-refractivity contribution in [3.8, 4) is 0 Å². The third-order valence-electron chi connectivity index (χ3n) is 3.39. The Bertz CT molecular complexity index is 466. The number of benzene rings is 1. The lowest BCUT2D eigenvalue weighted by Crippen LogP contribution is -2.52. The van der Waals surface area contributed by atoms with Crippen LogP contribution in [0.25, 0.3) is 0 Å². The van der Waals surface area contributed by atoms with Gasteiger partial charge in [0.2, 0.25) is 0 Å². The van der Waals surface area contributed by atoms with Crippen LogP contribution in [-0.4, -0.2) is 30.8 Å². The summed E-state index contributed by atoms with van der Waals surface area (Å²) in [5, 5.41) is 3.09. The lowest BCUT2D eigenvalue weighted by atomic mass is 9.91. The molecule has 1 aromatic rings. The standard InChI is InChI=1S/C14H18FNO3/c1-3-18-13(17)14(7-8-19-10(14)2)16-12-6-4-5-11(15)9-12/h4-6,9-10,16H,3,7-8H2,1-2H3. The first kappa shape index (κ1) is 13.8. The Morgan fingerprint density at radius 2 is 2.42 bits per heavy atom. The van der Waals surface area contributed by atoms with Gasteiger partial charge in [0.15, 0.2) is 5.54 Å². The summed E-state index contributed by atoms with van der Waals surface area (Å²) >= 11 is 0. The first-order valence-electron chi connectivity index (χ1n) is 6.41. The van der Waals surface area contributed by atoms with Gasteiger partial charge in [0.05, 0.1) is 12.7 Å². The van der Waals surface area contributed by atoms with Crippen molar-refractivity contribution in [2.45, 2.75) is 31.9 Å². The average Bonchev–Trinajstić information content (AvgIpc) is 2.72. The zero-order valence-electron chi connectivity index (χ0n) is 11.1. The van der Waals surface area contributed by atoms with Gasteiger partial charge in [-0.15, -0.1) is 0 Å². The van der Waals surface area contributed by atoms with Crippen LogP contribution in [0.2, 0.25) is 0 Å². The molecule has 2 unspecified atom stereocenters. The minimum absolute atomic E-state index is 0.304. The van der Waals surface area contributed by atoms with Crippen LogP contribution in [0.3, 0.4) is 0 Å². The number of rotatable bonds is 4. The van der Waals surface area contributed by atoms with E-state index >= 15 is 0 Å². The number of carbonyl (C=O) groups excluding carboxylic acids is 1. The van der Waals surface area contributed by atoms with Crippen LogP contribution >= 0.6 is 0 Å². The number of halogens is 1. The molecule has 0 spiro atoms. The summed E-state index contributed by atoms with van der Waals surface area (Å²) in [4.78, 5) is 12.2. The second kappa shape index (κ2) is 5.57. The predicted octanol–water partition coefficient (Wildman–Crippen LogP) is 2.35. The highest BCUT2D eigenvalue weighted by Crippen LogP contribution is 2.31. The molecule has 1 aliphatic rings. The highest BCUT2D eigenvalue weighted by Gasteiger charge is 2.49. The summed E-state index contributed by atoms with van der Waals surface area (Å²) in [6.07, 6.45) is 0.179. The molecule has 0 aromatic heterocycles. The largest absolute Gasteiger partial charge is 0.464 e.